The number of halogens is 3. The Morgan fingerprint density at radius 1 is 1.17 bits per heavy atom. The van der Waals surface area contributed by atoms with Crippen LogP contribution in [-0.4, -0.2) is 39.0 Å². The number of hydrogen-bond donors (Lipinski definition) is 1. The first-order valence-corrected chi connectivity index (χ1v) is 9.71. The van der Waals surface area contributed by atoms with E-state index in [1.807, 2.05) is 0 Å². The Morgan fingerprint density at radius 2 is 2.00 bits per heavy atom. The number of aromatic amines is 1. The van der Waals surface area contributed by atoms with Crippen molar-refractivity contribution in [1.29, 1.82) is 0 Å². The molecule has 6 nitrogen and oxygen atoms in total. The maximum Gasteiger partial charge on any atom is 0.433 e. The van der Waals surface area contributed by atoms with Gasteiger partial charge in [-0.15, -0.1) is 0 Å². The molecule has 1 amide bonds. The van der Waals surface area contributed by atoms with E-state index < -0.39 is 11.9 Å². The van der Waals surface area contributed by atoms with Gasteiger partial charge in [-0.3, -0.25) is 4.79 Å². The van der Waals surface area contributed by atoms with Crippen molar-refractivity contribution in [2.75, 3.05) is 13.1 Å². The SMILES string of the molecule is O=C(c1cc(C2CC2)on1)N1CCCC(c2cc3nc(C(F)(F)F)ccc3[nH]2)C1. The van der Waals surface area contributed by atoms with Gasteiger partial charge in [-0.05, 0) is 43.9 Å². The van der Waals surface area contributed by atoms with Gasteiger partial charge in [-0.1, -0.05) is 5.16 Å². The molecule has 3 aromatic heterocycles. The van der Waals surface area contributed by atoms with Crippen LogP contribution in [0, 0.1) is 0 Å². The van der Waals surface area contributed by atoms with Gasteiger partial charge in [-0.2, -0.15) is 13.2 Å². The molecule has 1 aliphatic carbocycles. The maximum absolute atomic E-state index is 12.9. The highest BCUT2D eigenvalue weighted by molar-refractivity contribution is 5.92. The minimum absolute atomic E-state index is 0.00559. The molecule has 1 atom stereocenters. The first-order chi connectivity index (χ1) is 13.9. The van der Waals surface area contributed by atoms with Gasteiger partial charge >= 0.3 is 6.18 Å². The molecule has 0 spiro atoms. The van der Waals surface area contributed by atoms with Crippen LogP contribution < -0.4 is 0 Å². The van der Waals surface area contributed by atoms with Crippen LogP contribution in [0.1, 0.15) is 65.2 Å². The third-order valence-electron chi connectivity index (χ3n) is 5.66. The zero-order valence-electron chi connectivity index (χ0n) is 15.5. The van der Waals surface area contributed by atoms with E-state index in [2.05, 4.69) is 15.1 Å². The van der Waals surface area contributed by atoms with Gasteiger partial charge in [0.05, 0.1) is 11.0 Å². The highest BCUT2D eigenvalue weighted by atomic mass is 19.4. The molecule has 4 heterocycles. The number of hydrogen-bond acceptors (Lipinski definition) is 4. The second-order valence-corrected chi connectivity index (χ2v) is 7.83. The van der Waals surface area contributed by atoms with Gasteiger partial charge in [0.15, 0.2) is 5.69 Å². The molecular formula is C20H19F3N4O2. The van der Waals surface area contributed by atoms with E-state index in [0.29, 0.717) is 30.2 Å². The van der Waals surface area contributed by atoms with Gasteiger partial charge < -0.3 is 14.4 Å². The molecule has 1 unspecified atom stereocenters. The number of alkyl halides is 3. The van der Waals surface area contributed by atoms with Crippen LogP contribution in [-0.2, 0) is 6.18 Å². The van der Waals surface area contributed by atoms with E-state index >= 15 is 0 Å². The lowest BCUT2D eigenvalue weighted by atomic mass is 9.94. The van der Waals surface area contributed by atoms with E-state index in [1.54, 1.807) is 17.0 Å². The van der Waals surface area contributed by atoms with Crippen molar-refractivity contribution in [2.24, 2.45) is 0 Å². The Labute approximate surface area is 164 Å². The van der Waals surface area contributed by atoms with Crippen LogP contribution in [0.5, 0.6) is 0 Å². The van der Waals surface area contributed by atoms with Crippen molar-refractivity contribution in [3.63, 3.8) is 0 Å². The predicted molar refractivity (Wildman–Crippen MR) is 97.5 cm³/mol. The minimum Gasteiger partial charge on any atom is -0.360 e. The van der Waals surface area contributed by atoms with Crippen molar-refractivity contribution in [3.05, 3.63) is 47.1 Å². The largest absolute Gasteiger partial charge is 0.433 e. The molecule has 0 aromatic carbocycles. The number of rotatable bonds is 3. The van der Waals surface area contributed by atoms with E-state index in [0.717, 1.165) is 43.2 Å². The summed E-state index contributed by atoms with van der Waals surface area (Å²) >= 11 is 0. The molecule has 29 heavy (non-hydrogen) atoms. The summed E-state index contributed by atoms with van der Waals surface area (Å²) in [4.78, 5) is 21.5. The number of nitrogens with one attached hydrogen (secondary N) is 1. The summed E-state index contributed by atoms with van der Waals surface area (Å²) in [5.74, 6) is 0.993. The molecular weight excluding hydrogens is 385 g/mol. The van der Waals surface area contributed by atoms with Crippen LogP contribution >= 0.6 is 0 Å². The number of piperidine rings is 1. The summed E-state index contributed by atoms with van der Waals surface area (Å²) in [6, 6.07) is 5.76. The van der Waals surface area contributed by atoms with Crippen molar-refractivity contribution in [1.82, 2.24) is 20.0 Å². The average Bonchev–Trinajstić information content (AvgIpc) is 3.27. The maximum atomic E-state index is 12.9. The fourth-order valence-electron chi connectivity index (χ4n) is 3.94. The van der Waals surface area contributed by atoms with E-state index in [-0.39, 0.29) is 17.3 Å². The Morgan fingerprint density at radius 3 is 2.76 bits per heavy atom. The zero-order chi connectivity index (χ0) is 20.2. The molecule has 5 rings (SSSR count). The molecule has 9 heteroatoms. The number of aromatic nitrogens is 3. The zero-order valence-corrected chi connectivity index (χ0v) is 15.5. The number of fused-ring (bicyclic) bond motifs is 1. The molecule has 0 bridgehead atoms. The van der Waals surface area contributed by atoms with Crippen LogP contribution in [0.15, 0.2) is 28.8 Å². The lowest BCUT2D eigenvalue weighted by Crippen LogP contribution is -2.39. The number of nitrogens with zero attached hydrogens (tertiary/aromatic N) is 3. The van der Waals surface area contributed by atoms with Crippen LogP contribution in [0.3, 0.4) is 0 Å². The van der Waals surface area contributed by atoms with Crippen molar-refractivity contribution in [3.8, 4) is 0 Å². The van der Waals surface area contributed by atoms with Gasteiger partial charge in [0.2, 0.25) is 0 Å². The minimum atomic E-state index is -4.48. The molecule has 1 aliphatic heterocycles. The summed E-state index contributed by atoms with van der Waals surface area (Å²) in [5.41, 5.74) is 1.04. The first-order valence-electron chi connectivity index (χ1n) is 9.71. The van der Waals surface area contributed by atoms with Gasteiger partial charge in [0, 0.05) is 36.7 Å². The van der Waals surface area contributed by atoms with Crippen LogP contribution in [0.25, 0.3) is 11.0 Å². The summed E-state index contributed by atoms with van der Waals surface area (Å²) in [7, 11) is 0. The number of carbonyl (C=O) groups excluding carboxylic acids is 1. The van der Waals surface area contributed by atoms with Crippen LogP contribution in [0.4, 0.5) is 13.2 Å². The lowest BCUT2D eigenvalue weighted by molar-refractivity contribution is -0.140. The fraction of sp³-hybridized carbons (Fsp3) is 0.450. The lowest BCUT2D eigenvalue weighted by Gasteiger charge is -2.31. The Hall–Kier alpha value is -2.84. The molecule has 1 saturated heterocycles. The summed E-state index contributed by atoms with van der Waals surface area (Å²) in [6.07, 6.45) is -0.691. The van der Waals surface area contributed by atoms with Gasteiger partial charge in [-0.25, -0.2) is 4.98 Å². The second-order valence-electron chi connectivity index (χ2n) is 7.83. The summed E-state index contributed by atoms with van der Waals surface area (Å²) in [5, 5.41) is 3.93. The number of amides is 1. The Balaban J connectivity index is 1.35. The van der Waals surface area contributed by atoms with Crippen molar-refractivity contribution >= 4 is 16.9 Å². The highest BCUT2D eigenvalue weighted by Gasteiger charge is 2.34. The quantitative estimate of drug-likeness (QED) is 0.699. The van der Waals surface area contributed by atoms with Gasteiger partial charge in [0.25, 0.3) is 5.91 Å². The monoisotopic (exact) mass is 404 g/mol. The molecule has 2 fully saturated rings. The summed E-state index contributed by atoms with van der Waals surface area (Å²) in [6.45, 7) is 1.10. The fourth-order valence-corrected chi connectivity index (χ4v) is 3.94. The predicted octanol–water partition coefficient (Wildman–Crippen LogP) is 4.47. The van der Waals surface area contributed by atoms with E-state index in [1.165, 1.54) is 6.07 Å². The number of carbonyl (C=O) groups is 1. The van der Waals surface area contributed by atoms with Gasteiger partial charge in [0.1, 0.15) is 11.5 Å². The first kappa shape index (κ1) is 18.2. The Kier molecular flexibility index (Phi) is 4.15. The molecule has 3 aromatic rings. The third kappa shape index (κ3) is 3.49. The van der Waals surface area contributed by atoms with Crippen molar-refractivity contribution in [2.45, 2.75) is 43.7 Å². The molecule has 2 aliphatic rings. The Bertz CT molecular complexity index is 1070. The normalized spacial score (nSPS) is 20.4. The topological polar surface area (TPSA) is 75.0 Å². The second kappa shape index (κ2) is 6.60. The van der Waals surface area contributed by atoms with E-state index in [9.17, 15) is 18.0 Å². The molecule has 152 valence electrons. The van der Waals surface area contributed by atoms with Crippen LogP contribution in [0.2, 0.25) is 0 Å². The molecule has 1 N–H and O–H groups in total. The number of pyridine rings is 1. The third-order valence-corrected chi connectivity index (χ3v) is 5.66. The van der Waals surface area contributed by atoms with E-state index in [4.69, 9.17) is 4.52 Å². The summed E-state index contributed by atoms with van der Waals surface area (Å²) < 4.78 is 44.0. The average molecular weight is 404 g/mol. The number of H-pyrrole nitrogens is 1. The standard InChI is InChI=1S/C20H19F3N4O2/c21-20(22,23)18-6-5-13-15(25-18)8-14(24-13)12-2-1-7-27(10-12)19(28)16-9-17(29-26-16)11-3-4-11/h5-6,8-9,11-12,24H,1-4,7,10H2. The smallest absolute Gasteiger partial charge is 0.360 e. The highest BCUT2D eigenvalue weighted by Crippen LogP contribution is 2.40. The molecule has 0 radical (unpaired) electrons. The van der Waals surface area contributed by atoms with Crippen molar-refractivity contribution < 1.29 is 22.5 Å². The number of likely N-dealkylation sites (tertiary alicyclic amines) is 1. The molecule has 1 saturated carbocycles.